The number of ether oxygens (including phenoxy) is 1. The number of benzene rings is 2. The largest absolute Gasteiger partial charge is 0.455 e. The number of aryl methyl sites for hydroxylation is 1. The molecule has 1 N–H and O–H groups in total. The number of nitrogens with zero attached hydrogens (tertiary/aromatic N) is 2. The number of sulfonamides is 1. The van der Waals surface area contributed by atoms with Gasteiger partial charge < -0.3 is 15.0 Å². The van der Waals surface area contributed by atoms with E-state index in [2.05, 4.69) is 5.32 Å². The molecule has 0 unspecified atom stereocenters. The van der Waals surface area contributed by atoms with Crippen LogP contribution in [0.25, 0.3) is 0 Å². The number of likely N-dealkylation sites (tertiary alicyclic amines) is 1. The predicted molar refractivity (Wildman–Crippen MR) is 127 cm³/mol. The summed E-state index contributed by atoms with van der Waals surface area (Å²) in [5.74, 6) is 1.11. The first kappa shape index (κ1) is 24.1. The second-order valence-corrected chi connectivity index (χ2v) is 10.0. The zero-order chi connectivity index (χ0) is 23.3. The summed E-state index contributed by atoms with van der Waals surface area (Å²) in [5.41, 5.74) is 1.52. The van der Waals surface area contributed by atoms with Crippen LogP contribution >= 0.6 is 0 Å². The lowest BCUT2D eigenvalue weighted by atomic mass is 10.2. The van der Waals surface area contributed by atoms with Gasteiger partial charge in [-0.1, -0.05) is 26.0 Å². The number of anilines is 1. The molecule has 174 valence electrons. The van der Waals surface area contributed by atoms with Crippen molar-refractivity contribution >= 4 is 21.6 Å². The van der Waals surface area contributed by atoms with Crippen molar-refractivity contribution in [1.82, 2.24) is 9.21 Å². The van der Waals surface area contributed by atoms with Crippen molar-refractivity contribution in [1.29, 1.82) is 0 Å². The molecule has 1 heterocycles. The summed E-state index contributed by atoms with van der Waals surface area (Å²) in [4.78, 5) is 14.9. The molecule has 0 spiro atoms. The highest BCUT2D eigenvalue weighted by Gasteiger charge is 2.26. The van der Waals surface area contributed by atoms with Crippen molar-refractivity contribution in [3.63, 3.8) is 0 Å². The van der Waals surface area contributed by atoms with E-state index < -0.39 is 16.1 Å². The van der Waals surface area contributed by atoms with Gasteiger partial charge in [-0.15, -0.1) is 0 Å². The van der Waals surface area contributed by atoms with E-state index in [4.69, 9.17) is 4.74 Å². The normalized spacial score (nSPS) is 15.1. The average molecular weight is 460 g/mol. The monoisotopic (exact) mass is 459 g/mol. The van der Waals surface area contributed by atoms with Crippen LogP contribution in [-0.2, 0) is 14.8 Å². The van der Waals surface area contributed by atoms with Crippen molar-refractivity contribution < 1.29 is 17.9 Å². The zero-order valence-electron chi connectivity index (χ0n) is 19.3. The maximum atomic E-state index is 13.1. The zero-order valence-corrected chi connectivity index (χ0v) is 20.1. The summed E-state index contributed by atoms with van der Waals surface area (Å²) in [5, 5.41) is 3.21. The molecule has 3 rings (SSSR count). The smallest absolute Gasteiger partial charge is 0.244 e. The van der Waals surface area contributed by atoms with Crippen LogP contribution in [0.5, 0.6) is 11.5 Å². The molecule has 2 aromatic carbocycles. The Balaban J connectivity index is 1.95. The number of carbonyl (C=O) groups excluding carboxylic acids is 1. The molecule has 7 nitrogen and oxygen atoms in total. The molecule has 1 saturated heterocycles. The van der Waals surface area contributed by atoms with Gasteiger partial charge in [0.25, 0.3) is 0 Å². The van der Waals surface area contributed by atoms with Crippen LogP contribution < -0.4 is 10.1 Å². The molecule has 1 aliphatic rings. The standard InChI is InChI=1S/C24H33N3O4S/c1-5-27(6-2)32(29,30)21-12-13-23(31-20-11-9-10-18(3)16-20)22(17-21)25-19(4)24(28)26-14-7-8-15-26/h9-13,16-17,19,25H,5-8,14-15H2,1-4H3/t19-/m0/s1. The fraction of sp³-hybridized carbons (Fsp3) is 0.458. The Morgan fingerprint density at radius 3 is 2.44 bits per heavy atom. The van der Waals surface area contributed by atoms with E-state index in [-0.39, 0.29) is 10.8 Å². The van der Waals surface area contributed by atoms with Crippen LogP contribution in [0.3, 0.4) is 0 Å². The lowest BCUT2D eigenvalue weighted by Gasteiger charge is -2.24. The fourth-order valence-corrected chi connectivity index (χ4v) is 5.38. The van der Waals surface area contributed by atoms with Crippen LogP contribution in [0.15, 0.2) is 47.4 Å². The molecule has 1 amide bonds. The van der Waals surface area contributed by atoms with Gasteiger partial charge in [-0.3, -0.25) is 4.79 Å². The Morgan fingerprint density at radius 1 is 1.12 bits per heavy atom. The second kappa shape index (κ2) is 10.4. The summed E-state index contributed by atoms with van der Waals surface area (Å²) >= 11 is 0. The molecule has 1 fully saturated rings. The topological polar surface area (TPSA) is 79.0 Å². The lowest BCUT2D eigenvalue weighted by Crippen LogP contribution is -2.39. The van der Waals surface area contributed by atoms with E-state index in [9.17, 15) is 13.2 Å². The van der Waals surface area contributed by atoms with Crippen molar-refractivity contribution in [3.05, 3.63) is 48.0 Å². The minimum atomic E-state index is -3.65. The minimum Gasteiger partial charge on any atom is -0.455 e. The third-order valence-corrected chi connectivity index (χ3v) is 7.72. The highest BCUT2D eigenvalue weighted by atomic mass is 32.2. The first-order valence-electron chi connectivity index (χ1n) is 11.2. The molecule has 0 saturated carbocycles. The van der Waals surface area contributed by atoms with Crippen molar-refractivity contribution in [2.75, 3.05) is 31.5 Å². The van der Waals surface area contributed by atoms with Crippen LogP contribution in [0.4, 0.5) is 5.69 Å². The molecular weight excluding hydrogens is 426 g/mol. The number of rotatable bonds is 9. The highest BCUT2D eigenvalue weighted by molar-refractivity contribution is 7.89. The third-order valence-electron chi connectivity index (χ3n) is 5.67. The summed E-state index contributed by atoms with van der Waals surface area (Å²) in [6.45, 7) is 9.67. The van der Waals surface area contributed by atoms with E-state index in [1.807, 2.05) is 49.9 Å². The Kier molecular flexibility index (Phi) is 7.79. The summed E-state index contributed by atoms with van der Waals surface area (Å²) in [7, 11) is -3.65. The molecule has 0 bridgehead atoms. The van der Waals surface area contributed by atoms with Gasteiger partial charge in [0.2, 0.25) is 15.9 Å². The van der Waals surface area contributed by atoms with Crippen molar-refractivity contribution in [3.8, 4) is 11.5 Å². The molecule has 0 aliphatic carbocycles. The van der Waals surface area contributed by atoms with Gasteiger partial charge >= 0.3 is 0 Å². The second-order valence-electron chi connectivity index (χ2n) is 8.06. The van der Waals surface area contributed by atoms with E-state index in [0.717, 1.165) is 31.5 Å². The molecular formula is C24H33N3O4S. The number of hydrogen-bond acceptors (Lipinski definition) is 5. The van der Waals surface area contributed by atoms with Crippen molar-refractivity contribution in [2.24, 2.45) is 0 Å². The maximum Gasteiger partial charge on any atom is 0.244 e. The molecule has 0 aromatic heterocycles. The predicted octanol–water partition coefficient (Wildman–Crippen LogP) is 4.24. The van der Waals surface area contributed by atoms with Crippen LogP contribution in [0.2, 0.25) is 0 Å². The summed E-state index contributed by atoms with van der Waals surface area (Å²) in [6.07, 6.45) is 2.02. The Bertz CT molecular complexity index is 1040. The van der Waals surface area contributed by atoms with E-state index in [1.165, 1.54) is 4.31 Å². The van der Waals surface area contributed by atoms with Gasteiger partial charge in [0.15, 0.2) is 5.75 Å². The van der Waals surface area contributed by atoms with Crippen LogP contribution in [-0.4, -0.2) is 55.8 Å². The van der Waals surface area contributed by atoms with Gasteiger partial charge in [-0.25, -0.2) is 8.42 Å². The first-order chi connectivity index (χ1) is 15.3. The molecule has 32 heavy (non-hydrogen) atoms. The van der Waals surface area contributed by atoms with Gasteiger partial charge in [0.05, 0.1) is 10.6 Å². The van der Waals surface area contributed by atoms with Crippen LogP contribution in [0.1, 0.15) is 39.2 Å². The molecule has 8 heteroatoms. The quantitative estimate of drug-likeness (QED) is 0.607. The third kappa shape index (κ3) is 5.42. The van der Waals surface area contributed by atoms with E-state index in [0.29, 0.717) is 30.3 Å². The maximum absolute atomic E-state index is 13.1. The van der Waals surface area contributed by atoms with Gasteiger partial charge in [-0.05, 0) is 62.6 Å². The first-order valence-corrected chi connectivity index (χ1v) is 12.6. The average Bonchev–Trinajstić information content (AvgIpc) is 3.30. The summed E-state index contributed by atoms with van der Waals surface area (Å²) in [6, 6.07) is 11.9. The van der Waals surface area contributed by atoms with Crippen molar-refractivity contribution in [2.45, 2.75) is 51.5 Å². The molecule has 2 aromatic rings. The Hall–Kier alpha value is -2.58. The molecule has 1 atom stereocenters. The molecule has 1 aliphatic heterocycles. The lowest BCUT2D eigenvalue weighted by molar-refractivity contribution is -0.130. The Morgan fingerprint density at radius 2 is 1.81 bits per heavy atom. The Labute approximate surface area is 191 Å². The minimum absolute atomic E-state index is 0.000934. The molecule has 0 radical (unpaired) electrons. The fourth-order valence-electron chi connectivity index (χ4n) is 3.90. The van der Waals surface area contributed by atoms with Gasteiger partial charge in [0, 0.05) is 26.2 Å². The van der Waals surface area contributed by atoms with Gasteiger partial charge in [-0.2, -0.15) is 4.31 Å². The SMILES string of the molecule is CCN(CC)S(=O)(=O)c1ccc(Oc2cccc(C)c2)c(N[C@@H](C)C(=O)N2CCCC2)c1. The highest BCUT2D eigenvalue weighted by Crippen LogP contribution is 2.33. The van der Waals surface area contributed by atoms with Gasteiger partial charge in [0.1, 0.15) is 11.8 Å². The number of amides is 1. The number of hydrogen-bond donors (Lipinski definition) is 1. The van der Waals surface area contributed by atoms with E-state index >= 15 is 0 Å². The van der Waals surface area contributed by atoms with Crippen LogP contribution in [0, 0.1) is 6.92 Å². The summed E-state index contributed by atoms with van der Waals surface area (Å²) < 4.78 is 33.6. The van der Waals surface area contributed by atoms with E-state index in [1.54, 1.807) is 25.1 Å². The number of carbonyl (C=O) groups is 1. The number of nitrogens with one attached hydrogen (secondary N) is 1.